The Hall–Kier alpha value is -2.92. The number of nitrogens with zero attached hydrogens (tertiary/aromatic N) is 2. The van der Waals surface area contributed by atoms with Crippen molar-refractivity contribution in [1.82, 2.24) is 14.5 Å². The van der Waals surface area contributed by atoms with E-state index in [9.17, 15) is 18.3 Å². The Morgan fingerprint density at radius 3 is 2.48 bits per heavy atom. The third-order valence-corrected chi connectivity index (χ3v) is 7.27. The van der Waals surface area contributed by atoms with E-state index >= 15 is 0 Å². The molecular weight excluding hydrogens is 468 g/mol. The maximum atomic E-state index is 13.0. The summed E-state index contributed by atoms with van der Waals surface area (Å²) in [6.07, 6.45) is -0.370. The number of aromatic hydroxyl groups is 1. The van der Waals surface area contributed by atoms with E-state index in [1.165, 1.54) is 40.7 Å². The van der Waals surface area contributed by atoms with Crippen LogP contribution in [0.1, 0.15) is 24.3 Å². The van der Waals surface area contributed by atoms with E-state index in [4.69, 9.17) is 16.3 Å². The number of amides is 1. The molecule has 9 nitrogen and oxygen atoms in total. The first-order valence-electron chi connectivity index (χ1n) is 10.2. The minimum Gasteiger partial charge on any atom is -0.507 e. The number of aromatic amines is 1. The monoisotopic (exact) mass is 490 g/mol. The Kier molecular flexibility index (Phi) is 6.44. The molecule has 1 aromatic heterocycles. The number of hydrogen-bond donors (Lipinski definition) is 3. The van der Waals surface area contributed by atoms with Crippen LogP contribution in [0.2, 0.25) is 5.02 Å². The predicted molar refractivity (Wildman–Crippen MR) is 124 cm³/mol. The van der Waals surface area contributed by atoms with E-state index in [0.717, 1.165) is 0 Å². The third kappa shape index (κ3) is 5.03. The fraction of sp³-hybridized carbons (Fsp3) is 0.273. The predicted octanol–water partition coefficient (Wildman–Crippen LogP) is 3.49. The molecule has 3 N–H and O–H groups in total. The molecule has 0 aliphatic carbocycles. The van der Waals surface area contributed by atoms with E-state index < -0.39 is 15.9 Å². The van der Waals surface area contributed by atoms with Crippen molar-refractivity contribution in [2.75, 3.05) is 18.4 Å². The van der Waals surface area contributed by atoms with Gasteiger partial charge in [0.2, 0.25) is 10.0 Å². The molecule has 0 bridgehead atoms. The molecule has 2 unspecified atom stereocenters. The molecule has 0 spiro atoms. The molecule has 33 heavy (non-hydrogen) atoms. The topological polar surface area (TPSA) is 125 Å². The summed E-state index contributed by atoms with van der Waals surface area (Å²) in [6, 6.07) is 12.0. The molecule has 174 valence electrons. The lowest BCUT2D eigenvalue weighted by Gasteiger charge is -2.34. The van der Waals surface area contributed by atoms with Crippen molar-refractivity contribution in [2.45, 2.75) is 31.0 Å². The number of ether oxygens (including phenoxy) is 1. The van der Waals surface area contributed by atoms with Crippen LogP contribution in [0, 0.1) is 0 Å². The summed E-state index contributed by atoms with van der Waals surface area (Å²) < 4.78 is 33.0. The summed E-state index contributed by atoms with van der Waals surface area (Å²) in [5, 5.41) is 19.8. The first kappa shape index (κ1) is 23.2. The standard InChI is InChI=1S/C22H23ClN4O5S/c1-13-11-27(12-14(2)32-13)33(30,31)17-6-4-16(5-7-17)24-22(29)20-10-19(25-26-20)18-9-15(23)3-8-21(18)28/h3-10,13-14,28H,11-12H2,1-2H3,(H,24,29)(H,25,26). The maximum absolute atomic E-state index is 13.0. The first-order valence-corrected chi connectivity index (χ1v) is 12.1. The van der Waals surface area contributed by atoms with Crippen molar-refractivity contribution < 1.29 is 23.1 Å². The van der Waals surface area contributed by atoms with Gasteiger partial charge >= 0.3 is 0 Å². The lowest BCUT2D eigenvalue weighted by Crippen LogP contribution is -2.48. The van der Waals surface area contributed by atoms with Gasteiger partial charge in [0.15, 0.2) is 0 Å². The molecule has 1 aliphatic heterocycles. The highest BCUT2D eigenvalue weighted by Gasteiger charge is 2.32. The molecule has 1 amide bonds. The number of rotatable bonds is 5. The van der Waals surface area contributed by atoms with Crippen LogP contribution in [-0.2, 0) is 14.8 Å². The molecule has 3 aromatic rings. The maximum Gasteiger partial charge on any atom is 0.273 e. The van der Waals surface area contributed by atoms with Crippen molar-refractivity contribution in [2.24, 2.45) is 0 Å². The Morgan fingerprint density at radius 1 is 1.15 bits per heavy atom. The van der Waals surface area contributed by atoms with Crippen molar-refractivity contribution in [3.05, 3.63) is 59.2 Å². The van der Waals surface area contributed by atoms with Crippen LogP contribution in [0.3, 0.4) is 0 Å². The van der Waals surface area contributed by atoms with E-state index in [1.807, 2.05) is 13.8 Å². The van der Waals surface area contributed by atoms with Gasteiger partial charge in [-0.3, -0.25) is 9.89 Å². The number of phenolic OH excluding ortho intramolecular Hbond substituents is 1. The third-order valence-electron chi connectivity index (χ3n) is 5.19. The van der Waals surface area contributed by atoms with Crippen LogP contribution in [0.5, 0.6) is 5.75 Å². The lowest BCUT2D eigenvalue weighted by molar-refractivity contribution is -0.0440. The second kappa shape index (κ2) is 9.14. The SMILES string of the molecule is CC1CN(S(=O)(=O)c2ccc(NC(=O)c3cc(-c4cc(Cl)ccc4O)n[nH]3)cc2)CC(C)O1. The molecule has 1 aliphatic rings. The minimum atomic E-state index is -3.67. The van der Waals surface area contributed by atoms with Crippen LogP contribution in [0.4, 0.5) is 5.69 Å². The Labute approximate surface area is 196 Å². The lowest BCUT2D eigenvalue weighted by atomic mass is 10.1. The van der Waals surface area contributed by atoms with Crippen LogP contribution < -0.4 is 5.32 Å². The number of carbonyl (C=O) groups is 1. The summed E-state index contributed by atoms with van der Waals surface area (Å²) in [5.41, 5.74) is 1.33. The van der Waals surface area contributed by atoms with Crippen LogP contribution in [-0.4, -0.2) is 59.2 Å². The number of H-pyrrole nitrogens is 1. The zero-order valence-corrected chi connectivity index (χ0v) is 19.5. The number of carbonyl (C=O) groups excluding carboxylic acids is 1. The van der Waals surface area contributed by atoms with Gasteiger partial charge in [0, 0.05) is 29.4 Å². The van der Waals surface area contributed by atoms with E-state index in [1.54, 1.807) is 12.1 Å². The smallest absolute Gasteiger partial charge is 0.273 e. The van der Waals surface area contributed by atoms with Crippen LogP contribution in [0.25, 0.3) is 11.3 Å². The van der Waals surface area contributed by atoms with Gasteiger partial charge < -0.3 is 15.2 Å². The van der Waals surface area contributed by atoms with Crippen LogP contribution >= 0.6 is 11.6 Å². The van der Waals surface area contributed by atoms with Gasteiger partial charge in [0.1, 0.15) is 11.4 Å². The average Bonchev–Trinajstić information content (AvgIpc) is 3.25. The second-order valence-corrected chi connectivity index (χ2v) is 10.3. The second-order valence-electron chi connectivity index (χ2n) is 7.89. The van der Waals surface area contributed by atoms with E-state index in [-0.39, 0.29) is 41.6 Å². The number of sulfonamides is 1. The number of nitrogens with one attached hydrogen (secondary N) is 2. The highest BCUT2D eigenvalue weighted by molar-refractivity contribution is 7.89. The molecule has 11 heteroatoms. The number of halogens is 1. The molecular formula is C22H23ClN4O5S. The minimum absolute atomic E-state index is 0.0151. The Bertz CT molecular complexity index is 1270. The van der Waals surface area contributed by atoms with Gasteiger partial charge in [-0.1, -0.05) is 11.6 Å². The molecule has 1 fully saturated rings. The van der Waals surface area contributed by atoms with Gasteiger partial charge in [-0.05, 0) is 62.4 Å². The van der Waals surface area contributed by atoms with Crippen molar-refractivity contribution in [1.29, 1.82) is 0 Å². The number of phenols is 1. The zero-order chi connectivity index (χ0) is 23.8. The highest BCUT2D eigenvalue weighted by Crippen LogP contribution is 2.31. The van der Waals surface area contributed by atoms with E-state index in [2.05, 4.69) is 15.5 Å². The average molecular weight is 491 g/mol. The van der Waals surface area contributed by atoms with E-state index in [0.29, 0.717) is 22.0 Å². The molecule has 2 heterocycles. The van der Waals surface area contributed by atoms with Crippen molar-refractivity contribution in [3.8, 4) is 17.0 Å². The number of anilines is 1. The Morgan fingerprint density at radius 2 is 1.82 bits per heavy atom. The van der Waals surface area contributed by atoms with Gasteiger partial charge in [0.25, 0.3) is 5.91 Å². The largest absolute Gasteiger partial charge is 0.507 e. The molecule has 2 atom stereocenters. The summed E-state index contributed by atoms with van der Waals surface area (Å²) in [7, 11) is -3.67. The number of morpholine rings is 1. The highest BCUT2D eigenvalue weighted by atomic mass is 35.5. The van der Waals surface area contributed by atoms with Crippen molar-refractivity contribution in [3.63, 3.8) is 0 Å². The van der Waals surface area contributed by atoms with Gasteiger partial charge in [-0.15, -0.1) is 0 Å². The molecule has 0 radical (unpaired) electrons. The normalized spacial score (nSPS) is 19.4. The summed E-state index contributed by atoms with van der Waals surface area (Å²) in [5.74, 6) is -0.486. The fourth-order valence-electron chi connectivity index (χ4n) is 3.67. The van der Waals surface area contributed by atoms with Crippen molar-refractivity contribution >= 4 is 33.2 Å². The molecule has 4 rings (SSSR count). The Balaban J connectivity index is 1.47. The van der Waals surface area contributed by atoms with Gasteiger partial charge in [-0.25, -0.2) is 8.42 Å². The quantitative estimate of drug-likeness (QED) is 0.503. The number of aromatic nitrogens is 2. The molecule has 0 saturated carbocycles. The van der Waals surface area contributed by atoms with Gasteiger partial charge in [-0.2, -0.15) is 9.40 Å². The molecule has 2 aromatic carbocycles. The van der Waals surface area contributed by atoms with Gasteiger partial charge in [0.05, 0.1) is 22.8 Å². The number of hydrogen-bond acceptors (Lipinski definition) is 6. The zero-order valence-electron chi connectivity index (χ0n) is 17.9. The fourth-order valence-corrected chi connectivity index (χ4v) is 5.44. The number of benzene rings is 2. The first-order chi connectivity index (χ1) is 15.6. The van der Waals surface area contributed by atoms with Crippen LogP contribution in [0.15, 0.2) is 53.4 Å². The summed E-state index contributed by atoms with van der Waals surface area (Å²) in [4.78, 5) is 12.7. The summed E-state index contributed by atoms with van der Waals surface area (Å²) >= 11 is 5.97. The summed E-state index contributed by atoms with van der Waals surface area (Å²) in [6.45, 7) is 4.25. The molecule has 1 saturated heterocycles.